The number of esters is 1. The van der Waals surface area contributed by atoms with Crippen LogP contribution in [0.15, 0.2) is 24.3 Å². The van der Waals surface area contributed by atoms with E-state index < -0.39 is 0 Å². The third kappa shape index (κ3) is 4.13. The first kappa shape index (κ1) is 16.9. The van der Waals surface area contributed by atoms with Gasteiger partial charge in [-0.1, -0.05) is 6.42 Å². The predicted molar refractivity (Wildman–Crippen MR) is 88.0 cm³/mol. The Morgan fingerprint density at radius 2 is 1.58 bits per heavy atom. The number of ether oxygens (including phenoxy) is 1. The zero-order valence-electron chi connectivity index (χ0n) is 13.9. The van der Waals surface area contributed by atoms with E-state index in [0.29, 0.717) is 31.5 Å². The first-order chi connectivity index (χ1) is 11.6. The van der Waals surface area contributed by atoms with Crippen LogP contribution in [0.4, 0.5) is 4.39 Å². The Labute approximate surface area is 142 Å². The van der Waals surface area contributed by atoms with Gasteiger partial charge in [0.15, 0.2) is 0 Å². The van der Waals surface area contributed by atoms with Crippen molar-refractivity contribution in [1.82, 2.24) is 4.90 Å². The van der Waals surface area contributed by atoms with Gasteiger partial charge >= 0.3 is 5.97 Å². The molecule has 0 radical (unpaired) electrons. The summed E-state index contributed by atoms with van der Waals surface area (Å²) >= 11 is 0. The third-order valence-electron chi connectivity index (χ3n) is 5.04. The van der Waals surface area contributed by atoms with Crippen LogP contribution in [-0.2, 0) is 9.53 Å². The molecule has 24 heavy (non-hydrogen) atoms. The van der Waals surface area contributed by atoms with Gasteiger partial charge in [0.05, 0.1) is 5.92 Å². The minimum Gasteiger partial charge on any atom is -0.462 e. The number of nitrogens with zero attached hydrogens (tertiary/aromatic N) is 1. The molecule has 1 aromatic rings. The van der Waals surface area contributed by atoms with E-state index in [1.54, 1.807) is 4.90 Å². The fourth-order valence-electron chi connectivity index (χ4n) is 3.54. The number of halogens is 1. The fourth-order valence-corrected chi connectivity index (χ4v) is 3.54. The van der Waals surface area contributed by atoms with E-state index in [1.807, 2.05) is 0 Å². The van der Waals surface area contributed by atoms with E-state index in [9.17, 15) is 14.0 Å². The Morgan fingerprint density at radius 3 is 2.21 bits per heavy atom. The molecule has 5 heteroatoms. The van der Waals surface area contributed by atoms with Gasteiger partial charge < -0.3 is 9.64 Å². The summed E-state index contributed by atoms with van der Waals surface area (Å²) in [6, 6.07) is 5.59. The highest BCUT2D eigenvalue weighted by Crippen LogP contribution is 2.25. The molecule has 2 fully saturated rings. The van der Waals surface area contributed by atoms with Gasteiger partial charge in [0, 0.05) is 18.7 Å². The Morgan fingerprint density at radius 1 is 0.958 bits per heavy atom. The van der Waals surface area contributed by atoms with Crippen molar-refractivity contribution >= 4 is 11.9 Å². The Balaban J connectivity index is 1.48. The number of hydrogen-bond acceptors (Lipinski definition) is 3. The molecule has 0 spiro atoms. The minimum absolute atomic E-state index is 0.0881. The number of carbonyl (C=O) groups excluding carboxylic acids is 2. The summed E-state index contributed by atoms with van der Waals surface area (Å²) in [5.41, 5.74) is 0.486. The van der Waals surface area contributed by atoms with Crippen molar-refractivity contribution in [3.8, 4) is 0 Å². The van der Waals surface area contributed by atoms with E-state index >= 15 is 0 Å². The van der Waals surface area contributed by atoms with Crippen LogP contribution < -0.4 is 0 Å². The summed E-state index contributed by atoms with van der Waals surface area (Å²) < 4.78 is 18.6. The van der Waals surface area contributed by atoms with Gasteiger partial charge in [-0.2, -0.15) is 0 Å². The minimum atomic E-state index is -0.351. The van der Waals surface area contributed by atoms with E-state index in [1.165, 1.54) is 30.7 Å². The lowest BCUT2D eigenvalue weighted by Gasteiger charge is -2.32. The predicted octanol–water partition coefficient (Wildman–Crippen LogP) is 3.55. The molecule has 4 nitrogen and oxygen atoms in total. The number of likely N-dealkylation sites (tertiary alicyclic amines) is 1. The first-order valence-electron chi connectivity index (χ1n) is 8.89. The van der Waals surface area contributed by atoms with Crippen LogP contribution in [0.25, 0.3) is 0 Å². The standard InChI is InChI=1S/C19H24FNO3/c20-16-8-6-14(7-9-16)18(22)21-12-10-15(11-13-21)19(23)24-17-4-2-1-3-5-17/h6-9,15,17H,1-5,10-13H2. The number of rotatable bonds is 3. The average molecular weight is 333 g/mol. The summed E-state index contributed by atoms with van der Waals surface area (Å²) in [5.74, 6) is -0.662. The molecule has 2 aliphatic rings. The highest BCUT2D eigenvalue weighted by molar-refractivity contribution is 5.94. The highest BCUT2D eigenvalue weighted by Gasteiger charge is 2.30. The smallest absolute Gasteiger partial charge is 0.309 e. The van der Waals surface area contributed by atoms with Gasteiger partial charge in [-0.05, 0) is 62.8 Å². The number of carbonyl (C=O) groups is 2. The molecule has 1 amide bonds. The van der Waals surface area contributed by atoms with Crippen molar-refractivity contribution in [2.45, 2.75) is 51.0 Å². The van der Waals surface area contributed by atoms with E-state index in [2.05, 4.69) is 0 Å². The molecular weight excluding hydrogens is 309 g/mol. The van der Waals surface area contributed by atoms with Crippen LogP contribution >= 0.6 is 0 Å². The molecule has 0 bridgehead atoms. The molecule has 3 rings (SSSR count). The number of benzene rings is 1. The first-order valence-corrected chi connectivity index (χ1v) is 8.89. The maximum absolute atomic E-state index is 12.9. The summed E-state index contributed by atoms with van der Waals surface area (Å²) in [7, 11) is 0. The molecule has 1 aliphatic heterocycles. The van der Waals surface area contributed by atoms with Gasteiger partial charge in [0.2, 0.25) is 0 Å². The van der Waals surface area contributed by atoms with Gasteiger partial charge in [0.25, 0.3) is 5.91 Å². The molecule has 0 atom stereocenters. The molecule has 0 N–H and O–H groups in total. The zero-order chi connectivity index (χ0) is 16.9. The van der Waals surface area contributed by atoms with E-state index in [4.69, 9.17) is 4.74 Å². The SMILES string of the molecule is O=C(OC1CCCCC1)C1CCN(C(=O)c2ccc(F)cc2)CC1. The second-order valence-corrected chi connectivity index (χ2v) is 6.77. The van der Waals surface area contributed by atoms with Crippen LogP contribution in [0.2, 0.25) is 0 Å². The van der Waals surface area contributed by atoms with Crippen molar-refractivity contribution in [3.05, 3.63) is 35.6 Å². The lowest BCUT2D eigenvalue weighted by molar-refractivity contribution is -0.157. The van der Waals surface area contributed by atoms with Crippen LogP contribution in [0.1, 0.15) is 55.3 Å². The fraction of sp³-hybridized carbons (Fsp3) is 0.579. The molecule has 0 aromatic heterocycles. The van der Waals surface area contributed by atoms with Gasteiger partial charge in [0.1, 0.15) is 11.9 Å². The monoisotopic (exact) mass is 333 g/mol. The van der Waals surface area contributed by atoms with Crippen LogP contribution in [0, 0.1) is 11.7 Å². The summed E-state index contributed by atoms with van der Waals surface area (Å²) in [6.45, 7) is 1.08. The topological polar surface area (TPSA) is 46.6 Å². The molecule has 1 aliphatic carbocycles. The highest BCUT2D eigenvalue weighted by atomic mass is 19.1. The Hall–Kier alpha value is -1.91. The quantitative estimate of drug-likeness (QED) is 0.795. The number of hydrogen-bond donors (Lipinski definition) is 0. The molecule has 130 valence electrons. The van der Waals surface area contributed by atoms with Crippen molar-refractivity contribution in [3.63, 3.8) is 0 Å². The van der Waals surface area contributed by atoms with Gasteiger partial charge in [-0.25, -0.2) is 4.39 Å². The molecule has 0 unspecified atom stereocenters. The van der Waals surface area contributed by atoms with Crippen molar-refractivity contribution in [2.24, 2.45) is 5.92 Å². The number of amides is 1. The van der Waals surface area contributed by atoms with Crippen molar-refractivity contribution in [2.75, 3.05) is 13.1 Å². The molecule has 1 heterocycles. The van der Waals surface area contributed by atoms with Crippen LogP contribution in [0.3, 0.4) is 0 Å². The largest absolute Gasteiger partial charge is 0.462 e. The average Bonchev–Trinajstić information content (AvgIpc) is 2.63. The molecule has 1 saturated carbocycles. The van der Waals surface area contributed by atoms with E-state index in [0.717, 1.165) is 25.7 Å². The second-order valence-electron chi connectivity index (χ2n) is 6.77. The van der Waals surface area contributed by atoms with E-state index in [-0.39, 0.29) is 29.7 Å². The summed E-state index contributed by atoms with van der Waals surface area (Å²) in [6.07, 6.45) is 6.84. The van der Waals surface area contributed by atoms with Crippen molar-refractivity contribution in [1.29, 1.82) is 0 Å². The lowest BCUT2D eigenvalue weighted by atomic mass is 9.95. The summed E-state index contributed by atoms with van der Waals surface area (Å²) in [4.78, 5) is 26.4. The van der Waals surface area contributed by atoms with Crippen LogP contribution in [-0.4, -0.2) is 36.0 Å². The maximum atomic E-state index is 12.9. The lowest BCUT2D eigenvalue weighted by Crippen LogP contribution is -2.41. The van der Waals surface area contributed by atoms with Crippen molar-refractivity contribution < 1.29 is 18.7 Å². The maximum Gasteiger partial charge on any atom is 0.309 e. The number of piperidine rings is 1. The zero-order valence-corrected chi connectivity index (χ0v) is 13.9. The molecule has 1 aromatic carbocycles. The Bertz CT molecular complexity index is 573. The molecular formula is C19H24FNO3. The Kier molecular flexibility index (Phi) is 5.48. The van der Waals surface area contributed by atoms with Crippen LogP contribution in [0.5, 0.6) is 0 Å². The second kappa shape index (κ2) is 7.77. The third-order valence-corrected chi connectivity index (χ3v) is 5.04. The molecule has 1 saturated heterocycles. The normalized spacial score (nSPS) is 20.0. The summed E-state index contributed by atoms with van der Waals surface area (Å²) in [5, 5.41) is 0. The van der Waals surface area contributed by atoms with Gasteiger partial charge in [-0.15, -0.1) is 0 Å². The van der Waals surface area contributed by atoms with Gasteiger partial charge in [-0.3, -0.25) is 9.59 Å².